The number of anilines is 1. The fourth-order valence-corrected chi connectivity index (χ4v) is 2.39. The highest BCUT2D eigenvalue weighted by molar-refractivity contribution is 6.08. The summed E-state index contributed by atoms with van der Waals surface area (Å²) in [4.78, 5) is 17.7. The van der Waals surface area contributed by atoms with Gasteiger partial charge in [-0.15, -0.1) is 0 Å². The maximum absolute atomic E-state index is 12.2. The fourth-order valence-electron chi connectivity index (χ4n) is 2.39. The van der Waals surface area contributed by atoms with Crippen molar-refractivity contribution in [3.05, 3.63) is 35.2 Å². The molecule has 5 heteroatoms. The quantitative estimate of drug-likeness (QED) is 0.912. The fraction of sp³-hybridized carbons (Fsp3) is 0.467. The van der Waals surface area contributed by atoms with Crippen molar-refractivity contribution in [2.24, 2.45) is 5.92 Å². The van der Waals surface area contributed by atoms with E-state index in [-0.39, 0.29) is 11.7 Å². The summed E-state index contributed by atoms with van der Waals surface area (Å²) in [6.45, 7) is 5.90. The molecule has 1 aliphatic heterocycles. The van der Waals surface area contributed by atoms with Crippen LogP contribution in [-0.2, 0) is 16.0 Å². The number of aromatic nitrogens is 1. The smallest absolute Gasteiger partial charge is 0.261 e. The van der Waals surface area contributed by atoms with E-state index in [1.54, 1.807) is 13.1 Å². The number of carbonyl (C=O) groups is 1. The molecule has 1 aliphatic rings. The molecule has 1 atom stereocenters. The summed E-state index contributed by atoms with van der Waals surface area (Å²) in [5, 5.41) is 10.2. The van der Waals surface area contributed by atoms with Crippen LogP contribution in [-0.4, -0.2) is 29.3 Å². The van der Waals surface area contributed by atoms with E-state index in [0.29, 0.717) is 17.3 Å². The van der Waals surface area contributed by atoms with Gasteiger partial charge in [0.15, 0.2) is 12.0 Å². The second-order valence-electron chi connectivity index (χ2n) is 5.36. The standard InChI is InChI=1S/C15H20N2O3/c1-9(2)7-11-5-6-16-12(8-11)17-14(18)10(3)13(20-4)15(17)19/h5-6,8-9,15,19H,7H2,1-4H3. The molecule has 20 heavy (non-hydrogen) atoms. The highest BCUT2D eigenvalue weighted by Crippen LogP contribution is 2.29. The van der Waals surface area contributed by atoms with Gasteiger partial charge in [0.2, 0.25) is 0 Å². The lowest BCUT2D eigenvalue weighted by Gasteiger charge is -2.21. The molecule has 2 rings (SSSR count). The Morgan fingerprint density at radius 2 is 2.20 bits per heavy atom. The zero-order valence-corrected chi connectivity index (χ0v) is 12.3. The number of ether oxygens (including phenoxy) is 1. The van der Waals surface area contributed by atoms with Crippen molar-refractivity contribution in [3.8, 4) is 0 Å². The Bertz CT molecular complexity index is 552. The van der Waals surface area contributed by atoms with Crippen LogP contribution in [0.2, 0.25) is 0 Å². The monoisotopic (exact) mass is 276 g/mol. The minimum atomic E-state index is -1.10. The molecule has 0 spiro atoms. The van der Waals surface area contributed by atoms with Crippen LogP contribution in [0.25, 0.3) is 0 Å². The number of methoxy groups -OCH3 is 1. The number of aliphatic hydroxyl groups is 1. The summed E-state index contributed by atoms with van der Waals surface area (Å²) in [6, 6.07) is 3.76. The van der Waals surface area contributed by atoms with E-state index in [2.05, 4.69) is 18.8 Å². The summed E-state index contributed by atoms with van der Waals surface area (Å²) in [7, 11) is 1.45. The van der Waals surface area contributed by atoms with Crippen LogP contribution in [0.15, 0.2) is 29.7 Å². The first-order valence-electron chi connectivity index (χ1n) is 6.67. The van der Waals surface area contributed by atoms with Crippen molar-refractivity contribution >= 4 is 11.7 Å². The average molecular weight is 276 g/mol. The molecule has 0 saturated carbocycles. The molecule has 5 nitrogen and oxygen atoms in total. The average Bonchev–Trinajstić information content (AvgIpc) is 2.59. The van der Waals surface area contributed by atoms with E-state index >= 15 is 0 Å². The van der Waals surface area contributed by atoms with Crippen LogP contribution in [0, 0.1) is 5.92 Å². The van der Waals surface area contributed by atoms with Gasteiger partial charge < -0.3 is 9.84 Å². The molecular formula is C15H20N2O3. The highest BCUT2D eigenvalue weighted by Gasteiger charge is 2.38. The number of hydrogen-bond acceptors (Lipinski definition) is 4. The Morgan fingerprint density at radius 3 is 2.75 bits per heavy atom. The molecule has 1 N–H and O–H groups in total. The van der Waals surface area contributed by atoms with Crippen LogP contribution in [0.3, 0.4) is 0 Å². The van der Waals surface area contributed by atoms with Gasteiger partial charge in [0.05, 0.1) is 12.7 Å². The number of amides is 1. The lowest BCUT2D eigenvalue weighted by Crippen LogP contribution is -2.36. The van der Waals surface area contributed by atoms with Gasteiger partial charge in [-0.2, -0.15) is 0 Å². The second kappa shape index (κ2) is 5.63. The third-order valence-corrected chi connectivity index (χ3v) is 3.31. The number of nitrogens with zero attached hydrogens (tertiary/aromatic N) is 2. The van der Waals surface area contributed by atoms with Crippen LogP contribution >= 0.6 is 0 Å². The van der Waals surface area contributed by atoms with E-state index in [1.165, 1.54) is 12.0 Å². The molecule has 1 aromatic rings. The van der Waals surface area contributed by atoms with Gasteiger partial charge in [-0.1, -0.05) is 13.8 Å². The van der Waals surface area contributed by atoms with Gasteiger partial charge in [-0.05, 0) is 37.0 Å². The Labute approximate surface area is 118 Å². The van der Waals surface area contributed by atoms with Crippen LogP contribution < -0.4 is 4.90 Å². The largest absolute Gasteiger partial charge is 0.496 e. The molecule has 0 aromatic carbocycles. The van der Waals surface area contributed by atoms with Crippen molar-refractivity contribution in [3.63, 3.8) is 0 Å². The summed E-state index contributed by atoms with van der Waals surface area (Å²) >= 11 is 0. The maximum Gasteiger partial charge on any atom is 0.261 e. The summed E-state index contributed by atoms with van der Waals surface area (Å²) in [6.07, 6.45) is 1.46. The van der Waals surface area contributed by atoms with E-state index in [4.69, 9.17) is 4.74 Å². The first-order valence-corrected chi connectivity index (χ1v) is 6.67. The van der Waals surface area contributed by atoms with Gasteiger partial charge in [0, 0.05) is 6.20 Å². The van der Waals surface area contributed by atoms with Gasteiger partial charge in [-0.3, -0.25) is 9.69 Å². The Balaban J connectivity index is 2.31. The number of carbonyl (C=O) groups excluding carboxylic acids is 1. The number of hydrogen-bond donors (Lipinski definition) is 1. The minimum absolute atomic E-state index is 0.274. The first-order chi connectivity index (χ1) is 9.45. The summed E-state index contributed by atoms with van der Waals surface area (Å²) in [5.74, 6) is 0.973. The Hall–Kier alpha value is -1.88. The SMILES string of the molecule is COC1=C(C)C(=O)N(c2cc(CC(C)C)ccn2)C1O. The molecule has 0 radical (unpaired) electrons. The maximum atomic E-state index is 12.2. The molecule has 0 fully saturated rings. The van der Waals surface area contributed by atoms with E-state index in [0.717, 1.165) is 12.0 Å². The molecule has 0 aliphatic carbocycles. The predicted molar refractivity (Wildman–Crippen MR) is 76.0 cm³/mol. The second-order valence-corrected chi connectivity index (χ2v) is 5.36. The Kier molecular flexibility index (Phi) is 4.09. The minimum Gasteiger partial charge on any atom is -0.496 e. The molecule has 2 heterocycles. The highest BCUT2D eigenvalue weighted by atomic mass is 16.5. The number of pyridine rings is 1. The molecule has 108 valence electrons. The third kappa shape index (κ3) is 2.54. The molecule has 0 saturated heterocycles. The third-order valence-electron chi connectivity index (χ3n) is 3.31. The molecule has 1 amide bonds. The number of rotatable bonds is 4. The van der Waals surface area contributed by atoms with Crippen LogP contribution in [0.1, 0.15) is 26.3 Å². The van der Waals surface area contributed by atoms with Crippen LogP contribution in [0.5, 0.6) is 0 Å². The van der Waals surface area contributed by atoms with Gasteiger partial charge in [0.25, 0.3) is 5.91 Å². The predicted octanol–water partition coefficient (Wildman–Crippen LogP) is 1.87. The van der Waals surface area contributed by atoms with Gasteiger partial charge in [-0.25, -0.2) is 4.98 Å². The van der Waals surface area contributed by atoms with Crippen molar-refractivity contribution in [2.45, 2.75) is 33.4 Å². The first kappa shape index (κ1) is 14.5. The zero-order valence-electron chi connectivity index (χ0n) is 12.3. The lowest BCUT2D eigenvalue weighted by molar-refractivity contribution is -0.115. The molecule has 1 unspecified atom stereocenters. The topological polar surface area (TPSA) is 62.7 Å². The molecular weight excluding hydrogens is 256 g/mol. The normalized spacial score (nSPS) is 19.2. The van der Waals surface area contributed by atoms with Crippen molar-refractivity contribution in [2.75, 3.05) is 12.0 Å². The van der Waals surface area contributed by atoms with Crippen molar-refractivity contribution in [1.82, 2.24) is 4.98 Å². The van der Waals surface area contributed by atoms with E-state index < -0.39 is 6.23 Å². The van der Waals surface area contributed by atoms with Crippen molar-refractivity contribution in [1.29, 1.82) is 0 Å². The van der Waals surface area contributed by atoms with Crippen LogP contribution in [0.4, 0.5) is 5.82 Å². The van der Waals surface area contributed by atoms with E-state index in [9.17, 15) is 9.90 Å². The molecule has 0 bridgehead atoms. The van der Waals surface area contributed by atoms with E-state index in [1.807, 2.05) is 12.1 Å². The molecule has 1 aromatic heterocycles. The lowest BCUT2D eigenvalue weighted by atomic mass is 10.0. The van der Waals surface area contributed by atoms with Gasteiger partial charge >= 0.3 is 0 Å². The van der Waals surface area contributed by atoms with Gasteiger partial charge in [0.1, 0.15) is 5.82 Å². The zero-order chi connectivity index (χ0) is 14.9. The summed E-state index contributed by atoms with van der Waals surface area (Å²) < 4.78 is 5.09. The number of aliphatic hydroxyl groups excluding tert-OH is 1. The summed E-state index contributed by atoms with van der Waals surface area (Å²) in [5.41, 5.74) is 1.50. The van der Waals surface area contributed by atoms with Crippen molar-refractivity contribution < 1.29 is 14.6 Å². The Morgan fingerprint density at radius 1 is 1.50 bits per heavy atom.